The predicted octanol–water partition coefficient (Wildman–Crippen LogP) is 3.06. The number of halogens is 1. The van der Waals surface area contributed by atoms with Crippen LogP contribution in [0.25, 0.3) is 11.0 Å². The van der Waals surface area contributed by atoms with Crippen LogP contribution in [0.4, 0.5) is 0 Å². The maximum absolute atomic E-state index is 12.7. The minimum Gasteiger partial charge on any atom is -0.290 e. The molecule has 1 aliphatic rings. The van der Waals surface area contributed by atoms with Gasteiger partial charge in [-0.15, -0.1) is 0 Å². The molecule has 0 aliphatic carbocycles. The van der Waals surface area contributed by atoms with E-state index in [0.29, 0.717) is 13.1 Å². The standard InChI is InChI=1S/C17H13BrN2O/c18-14-9-13-7-4-8-15-16(13)20(11-14)17(21)19(15)10-12-5-2-1-3-6-12/h1-8,14H,10-11H2/t14-/m0/s1. The molecule has 2 aromatic carbocycles. The van der Waals surface area contributed by atoms with Crippen molar-refractivity contribution in [1.82, 2.24) is 9.13 Å². The summed E-state index contributed by atoms with van der Waals surface area (Å²) in [6.45, 7) is 1.23. The van der Waals surface area contributed by atoms with E-state index in [4.69, 9.17) is 0 Å². The first-order valence-electron chi connectivity index (χ1n) is 6.90. The minimum atomic E-state index is 0.0484. The fourth-order valence-corrected chi connectivity index (χ4v) is 3.49. The number of hydrogen-bond acceptors (Lipinski definition) is 1. The van der Waals surface area contributed by atoms with E-state index in [2.05, 4.69) is 22.4 Å². The molecule has 1 aromatic heterocycles. The van der Waals surface area contributed by atoms with Crippen LogP contribution in [-0.2, 0) is 13.1 Å². The van der Waals surface area contributed by atoms with E-state index in [0.717, 1.165) is 22.2 Å². The second-order valence-corrected chi connectivity index (χ2v) is 6.36. The summed E-state index contributed by atoms with van der Waals surface area (Å²) in [4.78, 5) is 12.8. The number of benzene rings is 2. The number of imidazole rings is 1. The van der Waals surface area contributed by atoms with Crippen molar-refractivity contribution in [1.29, 1.82) is 0 Å². The Morgan fingerprint density at radius 1 is 1.14 bits per heavy atom. The smallest absolute Gasteiger partial charge is 0.290 e. The van der Waals surface area contributed by atoms with Gasteiger partial charge in [-0.2, -0.15) is 0 Å². The van der Waals surface area contributed by atoms with Gasteiger partial charge in [0.2, 0.25) is 0 Å². The molecule has 104 valence electrons. The summed E-state index contributed by atoms with van der Waals surface area (Å²) < 4.78 is 3.70. The first-order valence-corrected chi connectivity index (χ1v) is 7.82. The summed E-state index contributed by atoms with van der Waals surface area (Å²) in [5, 5.41) is 0. The largest absolute Gasteiger partial charge is 0.329 e. The van der Waals surface area contributed by atoms with Gasteiger partial charge in [-0.3, -0.25) is 9.13 Å². The molecule has 21 heavy (non-hydrogen) atoms. The fraction of sp³-hybridized carbons (Fsp3) is 0.176. The maximum Gasteiger partial charge on any atom is 0.329 e. The Morgan fingerprint density at radius 2 is 1.95 bits per heavy atom. The number of aromatic nitrogens is 2. The Bertz CT molecular complexity index is 864. The molecule has 4 rings (SSSR count). The summed E-state index contributed by atoms with van der Waals surface area (Å²) in [5.74, 6) is 0. The predicted molar refractivity (Wildman–Crippen MR) is 86.8 cm³/mol. The molecule has 3 nitrogen and oxygen atoms in total. The molecular weight excluding hydrogens is 328 g/mol. The molecule has 1 aliphatic heterocycles. The van der Waals surface area contributed by atoms with Gasteiger partial charge in [-0.1, -0.05) is 58.4 Å². The zero-order chi connectivity index (χ0) is 14.4. The average molecular weight is 341 g/mol. The molecular formula is C17H13BrN2O. The molecule has 0 unspecified atom stereocenters. The highest BCUT2D eigenvalue weighted by Crippen LogP contribution is 2.28. The van der Waals surface area contributed by atoms with Gasteiger partial charge in [-0.05, 0) is 17.2 Å². The Morgan fingerprint density at radius 3 is 2.76 bits per heavy atom. The number of nitrogens with zero attached hydrogens (tertiary/aromatic N) is 2. The molecule has 0 N–H and O–H groups in total. The Balaban J connectivity index is 1.94. The van der Waals surface area contributed by atoms with Crippen LogP contribution < -0.4 is 5.69 Å². The van der Waals surface area contributed by atoms with Crippen LogP contribution >= 0.6 is 15.9 Å². The number of hydrogen-bond donors (Lipinski definition) is 0. The number of alkyl halides is 1. The van der Waals surface area contributed by atoms with E-state index in [1.54, 1.807) is 0 Å². The van der Waals surface area contributed by atoms with Gasteiger partial charge in [0.15, 0.2) is 0 Å². The second-order valence-electron chi connectivity index (χ2n) is 5.25. The molecule has 0 fully saturated rings. The molecule has 0 saturated carbocycles. The van der Waals surface area contributed by atoms with E-state index < -0.39 is 0 Å². The lowest BCUT2D eigenvalue weighted by atomic mass is 10.0. The quantitative estimate of drug-likeness (QED) is 0.658. The molecule has 0 bridgehead atoms. The summed E-state index contributed by atoms with van der Waals surface area (Å²) >= 11 is 3.55. The summed E-state index contributed by atoms with van der Waals surface area (Å²) in [7, 11) is 0. The molecule has 0 amide bonds. The fourth-order valence-electron chi connectivity index (χ4n) is 2.96. The van der Waals surface area contributed by atoms with Crippen molar-refractivity contribution >= 4 is 27.0 Å². The van der Waals surface area contributed by atoms with E-state index in [1.165, 1.54) is 0 Å². The Kier molecular flexibility index (Phi) is 3.00. The van der Waals surface area contributed by atoms with E-state index in [-0.39, 0.29) is 10.5 Å². The van der Waals surface area contributed by atoms with Crippen molar-refractivity contribution in [2.45, 2.75) is 17.9 Å². The second kappa shape index (κ2) is 4.88. The first-order chi connectivity index (χ1) is 10.2. The Hall–Kier alpha value is -1.81. The topological polar surface area (TPSA) is 26.9 Å². The van der Waals surface area contributed by atoms with Crippen molar-refractivity contribution in [2.75, 3.05) is 0 Å². The van der Waals surface area contributed by atoms with Crippen LogP contribution in [0.3, 0.4) is 0 Å². The average Bonchev–Trinajstić information content (AvgIpc) is 2.76. The third-order valence-electron chi connectivity index (χ3n) is 3.88. The van der Waals surface area contributed by atoms with Crippen LogP contribution in [-0.4, -0.2) is 14.0 Å². The maximum atomic E-state index is 12.7. The lowest BCUT2D eigenvalue weighted by Gasteiger charge is -2.17. The molecule has 2 heterocycles. The van der Waals surface area contributed by atoms with Gasteiger partial charge in [0.1, 0.15) is 0 Å². The summed E-state index contributed by atoms with van der Waals surface area (Å²) in [6.07, 6.45) is 3.37. The van der Waals surface area contributed by atoms with E-state index >= 15 is 0 Å². The van der Waals surface area contributed by atoms with Crippen LogP contribution in [0.2, 0.25) is 0 Å². The highest BCUT2D eigenvalue weighted by Gasteiger charge is 2.24. The Labute approximate surface area is 131 Å². The summed E-state index contributed by atoms with van der Waals surface area (Å²) in [5.41, 5.74) is 4.16. The number of rotatable bonds is 2. The highest BCUT2D eigenvalue weighted by molar-refractivity contribution is 9.09. The van der Waals surface area contributed by atoms with Crippen LogP contribution in [0, 0.1) is 6.42 Å². The monoisotopic (exact) mass is 340 g/mol. The van der Waals surface area contributed by atoms with Crippen molar-refractivity contribution in [2.24, 2.45) is 0 Å². The first kappa shape index (κ1) is 12.9. The van der Waals surface area contributed by atoms with Crippen LogP contribution in [0.1, 0.15) is 11.1 Å². The van der Waals surface area contributed by atoms with Gasteiger partial charge in [-0.25, -0.2) is 4.79 Å². The molecule has 0 saturated heterocycles. The molecule has 0 spiro atoms. The lowest BCUT2D eigenvalue weighted by Crippen LogP contribution is -2.29. The molecule has 1 atom stereocenters. The molecule has 2 radical (unpaired) electrons. The molecule has 3 aromatic rings. The van der Waals surface area contributed by atoms with E-state index in [1.807, 2.05) is 57.7 Å². The SMILES string of the molecule is O=c1n(Cc2ccccc2)c2cccc3c2n1C[C@@H](Br)[C]3. The number of para-hydroxylation sites is 1. The van der Waals surface area contributed by atoms with Crippen molar-refractivity contribution in [3.05, 3.63) is 76.6 Å². The van der Waals surface area contributed by atoms with Crippen molar-refractivity contribution < 1.29 is 0 Å². The van der Waals surface area contributed by atoms with Crippen molar-refractivity contribution in [3.8, 4) is 0 Å². The molecule has 4 heteroatoms. The van der Waals surface area contributed by atoms with Gasteiger partial charge in [0, 0.05) is 17.8 Å². The third-order valence-corrected chi connectivity index (χ3v) is 4.39. The van der Waals surface area contributed by atoms with Crippen LogP contribution in [0.15, 0.2) is 53.3 Å². The van der Waals surface area contributed by atoms with Crippen molar-refractivity contribution in [3.63, 3.8) is 0 Å². The van der Waals surface area contributed by atoms with Gasteiger partial charge in [0.25, 0.3) is 0 Å². The van der Waals surface area contributed by atoms with E-state index in [9.17, 15) is 4.79 Å². The zero-order valence-electron chi connectivity index (χ0n) is 11.3. The summed E-state index contributed by atoms with van der Waals surface area (Å²) in [6, 6.07) is 16.1. The van der Waals surface area contributed by atoms with Crippen LogP contribution in [0.5, 0.6) is 0 Å². The third kappa shape index (κ3) is 2.05. The van der Waals surface area contributed by atoms with Gasteiger partial charge >= 0.3 is 5.69 Å². The normalized spacial score (nSPS) is 17.3. The lowest BCUT2D eigenvalue weighted by molar-refractivity contribution is 0.649. The van der Waals surface area contributed by atoms with Gasteiger partial charge < -0.3 is 0 Å². The minimum absolute atomic E-state index is 0.0484. The van der Waals surface area contributed by atoms with Gasteiger partial charge in [0.05, 0.1) is 17.6 Å². The zero-order valence-corrected chi connectivity index (χ0v) is 12.9. The highest BCUT2D eigenvalue weighted by atomic mass is 79.9.